The molecule has 1 saturated carbocycles. The Balaban J connectivity index is 1.54. The summed E-state index contributed by atoms with van der Waals surface area (Å²) in [6, 6.07) is 17.4. The van der Waals surface area contributed by atoms with Gasteiger partial charge in [-0.3, -0.25) is 10.1 Å². The summed E-state index contributed by atoms with van der Waals surface area (Å²) in [5.41, 5.74) is 2.42. The van der Waals surface area contributed by atoms with Gasteiger partial charge in [-0.2, -0.15) is 0 Å². The van der Waals surface area contributed by atoms with Crippen molar-refractivity contribution in [3.05, 3.63) is 65.7 Å². The van der Waals surface area contributed by atoms with Crippen LogP contribution in [-0.4, -0.2) is 42.0 Å². The lowest BCUT2D eigenvalue weighted by atomic mass is 9.94. The van der Waals surface area contributed by atoms with Gasteiger partial charge in [0.15, 0.2) is 0 Å². The number of para-hydroxylation sites is 1. The van der Waals surface area contributed by atoms with E-state index in [1.807, 2.05) is 61.6 Å². The second-order valence-electron chi connectivity index (χ2n) is 8.00. The normalized spacial score (nSPS) is 18.8. The number of nitrogens with one attached hydrogen (secondary N) is 2. The number of alkyl carbamates (subject to hydrolysis) is 1. The van der Waals surface area contributed by atoms with E-state index in [2.05, 4.69) is 20.5 Å². The molecular weight excluding hydrogens is 392 g/mol. The second kappa shape index (κ2) is 9.64. The number of ether oxygens (including phenoxy) is 1. The zero-order chi connectivity index (χ0) is 21.6. The first-order valence-corrected chi connectivity index (χ1v) is 10.8. The van der Waals surface area contributed by atoms with Crippen LogP contribution in [0.3, 0.4) is 0 Å². The minimum Gasteiger partial charge on any atom is -0.445 e. The van der Waals surface area contributed by atoms with Gasteiger partial charge in [-0.15, -0.1) is 0 Å². The van der Waals surface area contributed by atoms with Crippen molar-refractivity contribution in [3.8, 4) is 0 Å². The number of benzodiazepines with no additional fused rings is 1. The minimum atomic E-state index is -1.07. The Kier molecular flexibility index (Phi) is 6.50. The van der Waals surface area contributed by atoms with E-state index in [4.69, 9.17) is 4.74 Å². The van der Waals surface area contributed by atoms with Crippen molar-refractivity contribution in [2.24, 2.45) is 4.99 Å². The molecule has 2 aliphatic rings. The largest absolute Gasteiger partial charge is 0.445 e. The summed E-state index contributed by atoms with van der Waals surface area (Å²) in [7, 11) is 2.02. The van der Waals surface area contributed by atoms with Gasteiger partial charge in [-0.25, -0.2) is 9.79 Å². The molecule has 0 aromatic heterocycles. The number of hydrogen-bond donors (Lipinski definition) is 2. The van der Waals surface area contributed by atoms with E-state index in [-0.39, 0.29) is 6.61 Å². The Labute approximate surface area is 182 Å². The van der Waals surface area contributed by atoms with E-state index in [9.17, 15) is 9.59 Å². The summed E-state index contributed by atoms with van der Waals surface area (Å²) < 4.78 is 5.30. The smallest absolute Gasteiger partial charge is 0.409 e. The number of hydrogen-bond acceptors (Lipinski definition) is 5. The summed E-state index contributed by atoms with van der Waals surface area (Å²) in [5, 5.41) is 5.50. The number of amidine groups is 1. The van der Waals surface area contributed by atoms with Gasteiger partial charge >= 0.3 is 6.09 Å². The highest BCUT2D eigenvalue weighted by Crippen LogP contribution is 2.27. The maximum Gasteiger partial charge on any atom is 0.409 e. The summed E-state index contributed by atoms with van der Waals surface area (Å²) in [4.78, 5) is 32.1. The number of benzene rings is 2. The molecule has 2 aromatic rings. The van der Waals surface area contributed by atoms with Gasteiger partial charge in [0.2, 0.25) is 6.17 Å². The van der Waals surface area contributed by atoms with Crippen molar-refractivity contribution in [2.75, 3.05) is 12.4 Å². The standard InChI is InChI=1S/C24H28N4O3/c1-28(18-12-6-3-7-13-18)22-19-14-8-9-15-20(19)25-23(29)21(26-22)27-24(30)31-16-17-10-4-2-5-11-17/h2,4-5,8-11,14-15,18,21H,3,6-7,12-13,16H2,1H3,(H,25,29)(H,27,30). The lowest BCUT2D eigenvalue weighted by molar-refractivity contribution is -0.117. The number of anilines is 1. The molecule has 1 aliphatic heterocycles. The number of fused-ring (bicyclic) bond motifs is 1. The lowest BCUT2D eigenvalue weighted by Gasteiger charge is -2.34. The first kappa shape index (κ1) is 20.9. The quantitative estimate of drug-likeness (QED) is 0.786. The van der Waals surface area contributed by atoms with Crippen molar-refractivity contribution < 1.29 is 14.3 Å². The number of amides is 2. The minimum absolute atomic E-state index is 0.125. The molecule has 1 heterocycles. The van der Waals surface area contributed by atoms with E-state index in [1.54, 1.807) is 0 Å². The van der Waals surface area contributed by atoms with Crippen LogP contribution in [0.1, 0.15) is 43.2 Å². The van der Waals surface area contributed by atoms with Crippen LogP contribution in [-0.2, 0) is 16.1 Å². The highest BCUT2D eigenvalue weighted by atomic mass is 16.5. The van der Waals surface area contributed by atoms with Crippen molar-refractivity contribution in [1.29, 1.82) is 0 Å². The Bertz CT molecular complexity index is 954. The number of nitrogens with zero attached hydrogens (tertiary/aromatic N) is 2. The van der Waals surface area contributed by atoms with Crippen molar-refractivity contribution in [2.45, 2.75) is 50.9 Å². The molecule has 162 valence electrons. The number of carbonyl (C=O) groups is 2. The average molecular weight is 421 g/mol. The van der Waals surface area contributed by atoms with Gasteiger partial charge in [0.25, 0.3) is 5.91 Å². The fraction of sp³-hybridized carbons (Fsp3) is 0.375. The van der Waals surface area contributed by atoms with Crippen molar-refractivity contribution >= 4 is 23.5 Å². The third-order valence-corrected chi connectivity index (χ3v) is 5.85. The Morgan fingerprint density at radius 2 is 1.81 bits per heavy atom. The molecule has 7 nitrogen and oxygen atoms in total. The van der Waals surface area contributed by atoms with Gasteiger partial charge in [0.05, 0.1) is 5.69 Å². The fourth-order valence-electron chi connectivity index (χ4n) is 4.14. The molecule has 1 unspecified atom stereocenters. The van der Waals surface area contributed by atoms with Crippen LogP contribution in [0.25, 0.3) is 0 Å². The summed E-state index contributed by atoms with van der Waals surface area (Å²) in [6.45, 7) is 0.125. The Morgan fingerprint density at radius 1 is 1.10 bits per heavy atom. The summed E-state index contributed by atoms with van der Waals surface area (Å²) in [6.07, 6.45) is 4.07. The Morgan fingerprint density at radius 3 is 2.58 bits per heavy atom. The van der Waals surface area contributed by atoms with Gasteiger partial charge in [-0.05, 0) is 30.5 Å². The van der Waals surface area contributed by atoms with E-state index in [0.29, 0.717) is 17.6 Å². The molecule has 0 radical (unpaired) electrons. The monoisotopic (exact) mass is 420 g/mol. The number of aliphatic imine (C=N–C) groups is 1. The lowest BCUT2D eigenvalue weighted by Crippen LogP contribution is -2.44. The van der Waals surface area contributed by atoms with Gasteiger partial charge < -0.3 is 15.0 Å². The van der Waals surface area contributed by atoms with E-state index >= 15 is 0 Å². The molecule has 2 N–H and O–H groups in total. The molecule has 7 heteroatoms. The highest BCUT2D eigenvalue weighted by Gasteiger charge is 2.30. The van der Waals surface area contributed by atoms with E-state index < -0.39 is 18.2 Å². The molecule has 2 aromatic carbocycles. The fourth-order valence-corrected chi connectivity index (χ4v) is 4.14. The summed E-state index contributed by atoms with van der Waals surface area (Å²) >= 11 is 0. The molecule has 4 rings (SSSR count). The molecule has 1 fully saturated rings. The van der Waals surface area contributed by atoms with Crippen LogP contribution >= 0.6 is 0 Å². The molecule has 0 bridgehead atoms. The van der Waals surface area contributed by atoms with Crippen LogP contribution in [0.4, 0.5) is 10.5 Å². The van der Waals surface area contributed by atoms with Gasteiger partial charge in [0.1, 0.15) is 12.4 Å². The van der Waals surface area contributed by atoms with Crippen LogP contribution in [0.15, 0.2) is 59.6 Å². The number of rotatable bonds is 4. The van der Waals surface area contributed by atoms with Gasteiger partial charge in [-0.1, -0.05) is 61.7 Å². The zero-order valence-corrected chi connectivity index (χ0v) is 17.7. The van der Waals surface area contributed by atoms with Crippen molar-refractivity contribution in [1.82, 2.24) is 10.2 Å². The SMILES string of the molecule is CN(C1=NC(NC(=O)OCc2ccccc2)C(=O)Nc2ccccc21)C1CCCCC1. The molecule has 31 heavy (non-hydrogen) atoms. The molecule has 2 amide bonds. The molecule has 0 spiro atoms. The van der Waals surface area contributed by atoms with Crippen LogP contribution in [0, 0.1) is 0 Å². The van der Waals surface area contributed by atoms with E-state index in [1.165, 1.54) is 19.3 Å². The average Bonchev–Trinajstić information content (AvgIpc) is 2.95. The molecule has 1 atom stereocenters. The maximum atomic E-state index is 12.8. The highest BCUT2D eigenvalue weighted by molar-refractivity contribution is 6.11. The third kappa shape index (κ3) is 5.05. The van der Waals surface area contributed by atoms with Crippen LogP contribution < -0.4 is 10.6 Å². The van der Waals surface area contributed by atoms with E-state index in [0.717, 1.165) is 24.0 Å². The summed E-state index contributed by atoms with van der Waals surface area (Å²) in [5.74, 6) is 0.311. The van der Waals surface area contributed by atoms with Crippen LogP contribution in [0.2, 0.25) is 0 Å². The molecular formula is C24H28N4O3. The Hall–Kier alpha value is -3.35. The maximum absolute atomic E-state index is 12.8. The first-order valence-electron chi connectivity index (χ1n) is 10.8. The van der Waals surface area contributed by atoms with Crippen LogP contribution in [0.5, 0.6) is 0 Å². The molecule has 0 saturated heterocycles. The predicted molar refractivity (Wildman–Crippen MR) is 120 cm³/mol. The van der Waals surface area contributed by atoms with Gasteiger partial charge in [0, 0.05) is 18.7 Å². The topological polar surface area (TPSA) is 83.0 Å². The third-order valence-electron chi connectivity index (χ3n) is 5.85. The second-order valence-corrected chi connectivity index (χ2v) is 8.00. The predicted octanol–water partition coefficient (Wildman–Crippen LogP) is 3.90. The number of carbonyl (C=O) groups excluding carboxylic acids is 2. The zero-order valence-electron chi connectivity index (χ0n) is 17.7. The molecule has 1 aliphatic carbocycles. The first-order chi connectivity index (χ1) is 15.1. The van der Waals surface area contributed by atoms with Crippen molar-refractivity contribution in [3.63, 3.8) is 0 Å².